The summed E-state index contributed by atoms with van der Waals surface area (Å²) in [4.78, 5) is 28.5. The van der Waals surface area contributed by atoms with Gasteiger partial charge in [0, 0.05) is 37.1 Å². The second-order valence-electron chi connectivity index (χ2n) is 7.03. The molecule has 6 nitrogen and oxygen atoms in total. The topological polar surface area (TPSA) is 61.9 Å². The van der Waals surface area contributed by atoms with Gasteiger partial charge in [-0.1, -0.05) is 23.7 Å². The monoisotopic (exact) mass is 415 g/mol. The SMILES string of the molecule is CCN1CC(CN(C)C(=O)CCNC(=O)c2ccc(Cl)cc2)Oc2ccccc21. The number of likely N-dealkylation sites (N-methyl/N-ethyl adjacent to an activating group) is 2. The molecule has 1 unspecified atom stereocenters. The van der Waals surface area contributed by atoms with Crippen LogP contribution in [0.3, 0.4) is 0 Å². The van der Waals surface area contributed by atoms with E-state index >= 15 is 0 Å². The number of amides is 2. The molecule has 29 heavy (non-hydrogen) atoms. The molecule has 1 atom stereocenters. The Morgan fingerprint density at radius 3 is 2.66 bits per heavy atom. The molecule has 2 aromatic carbocycles. The molecule has 154 valence electrons. The molecule has 0 aliphatic carbocycles. The normalized spacial score (nSPS) is 15.3. The van der Waals surface area contributed by atoms with Crippen molar-refractivity contribution in [2.75, 3.05) is 38.1 Å². The quantitative estimate of drug-likeness (QED) is 0.754. The number of hydrogen-bond acceptors (Lipinski definition) is 4. The van der Waals surface area contributed by atoms with Crippen LogP contribution in [0.15, 0.2) is 48.5 Å². The van der Waals surface area contributed by atoms with E-state index in [1.807, 2.05) is 24.3 Å². The Kier molecular flexibility index (Phi) is 6.99. The zero-order valence-corrected chi connectivity index (χ0v) is 17.5. The Morgan fingerprint density at radius 1 is 1.21 bits per heavy atom. The Morgan fingerprint density at radius 2 is 1.93 bits per heavy atom. The summed E-state index contributed by atoms with van der Waals surface area (Å²) in [6, 6.07) is 14.6. The van der Waals surface area contributed by atoms with Crippen molar-refractivity contribution in [2.45, 2.75) is 19.4 Å². The van der Waals surface area contributed by atoms with Gasteiger partial charge in [0.2, 0.25) is 5.91 Å². The number of anilines is 1. The molecular weight excluding hydrogens is 390 g/mol. The fourth-order valence-electron chi connectivity index (χ4n) is 3.36. The maximum Gasteiger partial charge on any atom is 0.251 e. The van der Waals surface area contributed by atoms with E-state index in [0.29, 0.717) is 17.1 Å². The minimum Gasteiger partial charge on any atom is -0.485 e. The van der Waals surface area contributed by atoms with Crippen molar-refractivity contribution >= 4 is 29.1 Å². The molecule has 0 radical (unpaired) electrons. The lowest BCUT2D eigenvalue weighted by Crippen LogP contribution is -2.47. The van der Waals surface area contributed by atoms with Crippen LogP contribution >= 0.6 is 11.6 Å². The zero-order chi connectivity index (χ0) is 20.8. The van der Waals surface area contributed by atoms with Gasteiger partial charge in [-0.15, -0.1) is 0 Å². The Balaban J connectivity index is 1.47. The second kappa shape index (κ2) is 9.65. The summed E-state index contributed by atoms with van der Waals surface area (Å²) in [6.07, 6.45) is 0.138. The van der Waals surface area contributed by atoms with Gasteiger partial charge in [0.15, 0.2) is 0 Å². The van der Waals surface area contributed by atoms with Crippen LogP contribution in [-0.2, 0) is 4.79 Å². The molecule has 0 bridgehead atoms. The van der Waals surface area contributed by atoms with E-state index < -0.39 is 0 Å². The molecule has 1 heterocycles. The molecule has 0 fully saturated rings. The molecule has 2 amide bonds. The zero-order valence-electron chi connectivity index (χ0n) is 16.7. The maximum absolute atomic E-state index is 12.5. The summed E-state index contributed by atoms with van der Waals surface area (Å²) in [6.45, 7) is 4.50. The van der Waals surface area contributed by atoms with Gasteiger partial charge in [-0.2, -0.15) is 0 Å². The van der Waals surface area contributed by atoms with Crippen LogP contribution in [0.25, 0.3) is 0 Å². The van der Waals surface area contributed by atoms with E-state index in [1.54, 1.807) is 36.2 Å². The van der Waals surface area contributed by atoms with E-state index in [4.69, 9.17) is 16.3 Å². The number of para-hydroxylation sites is 2. The third-order valence-electron chi connectivity index (χ3n) is 4.94. The molecular formula is C22H26ClN3O3. The lowest BCUT2D eigenvalue weighted by Gasteiger charge is -2.37. The highest BCUT2D eigenvalue weighted by molar-refractivity contribution is 6.30. The summed E-state index contributed by atoms with van der Waals surface area (Å²) < 4.78 is 6.08. The molecule has 0 saturated heterocycles. The number of halogens is 1. The molecule has 0 aromatic heterocycles. The molecule has 1 aliphatic heterocycles. The molecule has 7 heteroatoms. The largest absolute Gasteiger partial charge is 0.485 e. The van der Waals surface area contributed by atoms with Gasteiger partial charge in [-0.25, -0.2) is 0 Å². The molecule has 2 aromatic rings. The van der Waals surface area contributed by atoms with Crippen molar-refractivity contribution in [1.82, 2.24) is 10.2 Å². The number of nitrogens with zero attached hydrogens (tertiary/aromatic N) is 2. The van der Waals surface area contributed by atoms with Crippen molar-refractivity contribution in [1.29, 1.82) is 0 Å². The minimum atomic E-state index is -0.220. The van der Waals surface area contributed by atoms with Crippen LogP contribution < -0.4 is 15.0 Å². The average molecular weight is 416 g/mol. The van der Waals surface area contributed by atoms with E-state index in [0.717, 1.165) is 24.5 Å². The van der Waals surface area contributed by atoms with Crippen LogP contribution in [0.2, 0.25) is 5.02 Å². The van der Waals surface area contributed by atoms with E-state index in [2.05, 4.69) is 17.1 Å². The summed E-state index contributed by atoms with van der Waals surface area (Å²) in [5.74, 6) is 0.594. The summed E-state index contributed by atoms with van der Waals surface area (Å²) in [5.41, 5.74) is 1.61. The highest BCUT2D eigenvalue weighted by atomic mass is 35.5. The van der Waals surface area contributed by atoms with Crippen LogP contribution in [-0.4, -0.2) is 56.0 Å². The van der Waals surface area contributed by atoms with E-state index in [9.17, 15) is 9.59 Å². The second-order valence-corrected chi connectivity index (χ2v) is 7.47. The first-order chi connectivity index (χ1) is 14.0. The van der Waals surface area contributed by atoms with Gasteiger partial charge in [0.25, 0.3) is 5.91 Å². The summed E-state index contributed by atoms with van der Waals surface area (Å²) in [7, 11) is 1.77. The molecule has 0 saturated carbocycles. The smallest absolute Gasteiger partial charge is 0.251 e. The lowest BCUT2D eigenvalue weighted by molar-refractivity contribution is -0.130. The molecule has 3 rings (SSSR count). The van der Waals surface area contributed by atoms with Crippen molar-refractivity contribution in [3.05, 3.63) is 59.1 Å². The van der Waals surface area contributed by atoms with Crippen LogP contribution in [0.1, 0.15) is 23.7 Å². The van der Waals surface area contributed by atoms with Crippen LogP contribution in [0.4, 0.5) is 5.69 Å². The van der Waals surface area contributed by atoms with Crippen molar-refractivity contribution in [3.8, 4) is 5.75 Å². The van der Waals surface area contributed by atoms with Crippen molar-refractivity contribution < 1.29 is 14.3 Å². The number of carbonyl (C=O) groups excluding carboxylic acids is 2. The number of benzene rings is 2. The van der Waals surface area contributed by atoms with Gasteiger partial charge < -0.3 is 19.9 Å². The van der Waals surface area contributed by atoms with E-state index in [1.165, 1.54) is 0 Å². The number of ether oxygens (including phenoxy) is 1. The van der Waals surface area contributed by atoms with Crippen LogP contribution in [0.5, 0.6) is 5.75 Å². The van der Waals surface area contributed by atoms with Gasteiger partial charge in [0.05, 0.1) is 18.8 Å². The van der Waals surface area contributed by atoms with Crippen molar-refractivity contribution in [3.63, 3.8) is 0 Å². The lowest BCUT2D eigenvalue weighted by atomic mass is 10.1. The van der Waals surface area contributed by atoms with Gasteiger partial charge in [-0.3, -0.25) is 9.59 Å². The third-order valence-corrected chi connectivity index (χ3v) is 5.19. The molecule has 0 spiro atoms. The van der Waals surface area contributed by atoms with Gasteiger partial charge in [-0.05, 0) is 43.3 Å². The first-order valence-corrected chi connectivity index (χ1v) is 10.1. The number of nitrogens with one attached hydrogen (secondary N) is 1. The van der Waals surface area contributed by atoms with Gasteiger partial charge >= 0.3 is 0 Å². The highest BCUT2D eigenvalue weighted by Crippen LogP contribution is 2.32. The standard InChI is InChI=1S/C22H26ClN3O3/c1-3-26-15-18(29-20-7-5-4-6-19(20)26)14-25(2)21(27)12-13-24-22(28)16-8-10-17(23)11-9-16/h4-11,18H,3,12-15H2,1-2H3,(H,24,28). The van der Waals surface area contributed by atoms with Gasteiger partial charge in [0.1, 0.15) is 11.9 Å². The predicted octanol–water partition coefficient (Wildman–Crippen LogP) is 3.21. The number of hydrogen-bond donors (Lipinski definition) is 1. The Bertz CT molecular complexity index is 857. The average Bonchev–Trinajstić information content (AvgIpc) is 2.73. The number of carbonyl (C=O) groups is 2. The fourth-order valence-corrected chi connectivity index (χ4v) is 3.48. The van der Waals surface area contributed by atoms with Crippen LogP contribution in [0, 0.1) is 0 Å². The van der Waals surface area contributed by atoms with E-state index in [-0.39, 0.29) is 30.9 Å². The molecule has 1 aliphatic rings. The highest BCUT2D eigenvalue weighted by Gasteiger charge is 2.26. The number of rotatable bonds is 7. The Hall–Kier alpha value is -2.73. The Labute approximate surface area is 176 Å². The number of fused-ring (bicyclic) bond motifs is 1. The third kappa shape index (κ3) is 5.41. The van der Waals surface area contributed by atoms with Crippen molar-refractivity contribution in [2.24, 2.45) is 0 Å². The first kappa shape index (κ1) is 21.0. The maximum atomic E-state index is 12.5. The summed E-state index contributed by atoms with van der Waals surface area (Å²) >= 11 is 5.83. The first-order valence-electron chi connectivity index (χ1n) is 9.76. The predicted molar refractivity (Wildman–Crippen MR) is 115 cm³/mol. The minimum absolute atomic E-state index is 0.0353. The molecule has 1 N–H and O–H groups in total. The summed E-state index contributed by atoms with van der Waals surface area (Å²) in [5, 5.41) is 3.34. The fraction of sp³-hybridized carbons (Fsp3) is 0.364.